The third-order valence-electron chi connectivity index (χ3n) is 5.65. The summed E-state index contributed by atoms with van der Waals surface area (Å²) in [5.74, 6) is 0.897. The Labute approximate surface area is 164 Å². The Hall–Kier alpha value is -2.88. The van der Waals surface area contributed by atoms with Gasteiger partial charge in [-0.2, -0.15) is 0 Å². The zero-order valence-corrected chi connectivity index (χ0v) is 16.0. The number of hydrogen-bond donors (Lipinski definition) is 1. The van der Waals surface area contributed by atoms with Crippen LogP contribution in [0.2, 0.25) is 0 Å². The van der Waals surface area contributed by atoms with Gasteiger partial charge >= 0.3 is 5.63 Å². The molecule has 0 saturated heterocycles. The molecule has 0 amide bonds. The summed E-state index contributed by atoms with van der Waals surface area (Å²) in [5, 5.41) is 10.8. The van der Waals surface area contributed by atoms with E-state index in [4.69, 9.17) is 4.42 Å². The van der Waals surface area contributed by atoms with Crippen LogP contribution in [0.1, 0.15) is 60.5 Å². The van der Waals surface area contributed by atoms with Gasteiger partial charge in [-0.05, 0) is 48.8 Å². The van der Waals surface area contributed by atoms with Gasteiger partial charge in [0.1, 0.15) is 11.5 Å². The fourth-order valence-corrected chi connectivity index (χ4v) is 4.01. The van der Waals surface area contributed by atoms with E-state index >= 15 is 0 Å². The second kappa shape index (κ2) is 8.01. The first kappa shape index (κ1) is 18.5. The van der Waals surface area contributed by atoms with E-state index in [1.54, 1.807) is 12.3 Å². The number of benzene rings is 1. The first-order chi connectivity index (χ1) is 13.7. The van der Waals surface area contributed by atoms with E-state index in [9.17, 15) is 9.90 Å². The Morgan fingerprint density at radius 2 is 1.96 bits per heavy atom. The highest BCUT2D eigenvalue weighted by atomic mass is 16.4. The van der Waals surface area contributed by atoms with Gasteiger partial charge in [0.15, 0.2) is 0 Å². The Balaban J connectivity index is 1.69. The summed E-state index contributed by atoms with van der Waals surface area (Å²) in [7, 11) is 0. The summed E-state index contributed by atoms with van der Waals surface area (Å²) in [6.07, 6.45) is 7.23. The van der Waals surface area contributed by atoms with E-state index in [1.807, 2.05) is 48.7 Å². The molecule has 4 nitrogen and oxygen atoms in total. The number of hydrogen-bond acceptors (Lipinski definition) is 4. The van der Waals surface area contributed by atoms with Crippen molar-refractivity contribution in [2.75, 3.05) is 0 Å². The maximum absolute atomic E-state index is 12.9. The summed E-state index contributed by atoms with van der Waals surface area (Å²) < 4.78 is 5.76. The van der Waals surface area contributed by atoms with Crippen molar-refractivity contribution in [3.63, 3.8) is 0 Å². The van der Waals surface area contributed by atoms with Crippen LogP contribution in [-0.2, 0) is 6.42 Å². The molecule has 2 atom stereocenters. The summed E-state index contributed by atoms with van der Waals surface area (Å²) in [6, 6.07) is 15.5. The van der Waals surface area contributed by atoms with Gasteiger partial charge < -0.3 is 9.52 Å². The van der Waals surface area contributed by atoms with Crippen LogP contribution in [0.3, 0.4) is 0 Å². The van der Waals surface area contributed by atoms with Gasteiger partial charge in [-0.3, -0.25) is 4.98 Å². The lowest BCUT2D eigenvalue weighted by molar-refractivity contribution is 0.379. The first-order valence-corrected chi connectivity index (χ1v) is 9.98. The van der Waals surface area contributed by atoms with Crippen molar-refractivity contribution in [3.05, 3.63) is 93.8 Å². The van der Waals surface area contributed by atoms with Crippen LogP contribution in [0, 0.1) is 5.92 Å². The second-order valence-corrected chi connectivity index (χ2v) is 7.63. The summed E-state index contributed by atoms with van der Waals surface area (Å²) in [5.41, 5.74) is 2.12. The standard InChI is InChI=1S/C24H25NO3/c1-2-17(13-16-7-6-12-25-15-16)21-14-20(26)23(24(27)28-21)22(19-10-11-19)18-8-4-3-5-9-18/h3-9,12,14-15,17,19,22,26H,2,10-11,13H2,1H3. The van der Waals surface area contributed by atoms with Crippen LogP contribution in [0.25, 0.3) is 0 Å². The van der Waals surface area contributed by atoms with E-state index < -0.39 is 5.63 Å². The summed E-state index contributed by atoms with van der Waals surface area (Å²) >= 11 is 0. The smallest absolute Gasteiger partial charge is 0.343 e. The quantitative estimate of drug-likeness (QED) is 0.630. The normalized spacial score (nSPS) is 15.9. The van der Waals surface area contributed by atoms with Gasteiger partial charge in [0, 0.05) is 30.3 Å². The Morgan fingerprint density at radius 1 is 1.18 bits per heavy atom. The van der Waals surface area contributed by atoms with Crippen molar-refractivity contribution >= 4 is 0 Å². The molecular formula is C24H25NO3. The highest BCUT2D eigenvalue weighted by Gasteiger charge is 2.37. The van der Waals surface area contributed by atoms with Crippen LogP contribution in [0.5, 0.6) is 5.75 Å². The van der Waals surface area contributed by atoms with E-state index in [0.717, 1.165) is 36.8 Å². The van der Waals surface area contributed by atoms with Crippen LogP contribution in [-0.4, -0.2) is 10.1 Å². The first-order valence-electron chi connectivity index (χ1n) is 9.98. The van der Waals surface area contributed by atoms with Gasteiger partial charge in [-0.1, -0.05) is 43.3 Å². The molecule has 0 bridgehead atoms. The monoisotopic (exact) mass is 375 g/mol. The van der Waals surface area contributed by atoms with Gasteiger partial charge in [0.2, 0.25) is 0 Å². The van der Waals surface area contributed by atoms with E-state index in [0.29, 0.717) is 17.2 Å². The fraction of sp³-hybridized carbons (Fsp3) is 0.333. The SMILES string of the molecule is CCC(Cc1cccnc1)c1cc(O)c(C(c2ccccc2)C2CC2)c(=O)o1. The molecule has 1 aliphatic carbocycles. The van der Waals surface area contributed by atoms with Crippen molar-refractivity contribution < 1.29 is 9.52 Å². The molecule has 4 rings (SSSR count). The molecule has 3 aromatic rings. The van der Waals surface area contributed by atoms with Crippen molar-refractivity contribution in [3.8, 4) is 5.75 Å². The van der Waals surface area contributed by atoms with Gasteiger partial charge in [-0.25, -0.2) is 4.79 Å². The minimum atomic E-state index is -0.416. The van der Waals surface area contributed by atoms with Crippen LogP contribution in [0.15, 0.2) is 70.1 Å². The zero-order valence-electron chi connectivity index (χ0n) is 16.0. The molecule has 2 heterocycles. The number of aromatic hydroxyl groups is 1. The lowest BCUT2D eigenvalue weighted by atomic mass is 9.87. The van der Waals surface area contributed by atoms with E-state index in [-0.39, 0.29) is 17.6 Å². The van der Waals surface area contributed by atoms with Crippen molar-refractivity contribution in [2.24, 2.45) is 5.92 Å². The largest absolute Gasteiger partial charge is 0.507 e. The van der Waals surface area contributed by atoms with Crippen LogP contribution < -0.4 is 5.63 Å². The molecule has 1 aliphatic rings. The average molecular weight is 375 g/mol. The van der Waals surface area contributed by atoms with Crippen molar-refractivity contribution in [1.29, 1.82) is 0 Å². The molecule has 0 aliphatic heterocycles. The molecule has 1 aromatic carbocycles. The number of pyridine rings is 1. The predicted octanol–water partition coefficient (Wildman–Crippen LogP) is 5.02. The molecule has 1 N–H and O–H groups in total. The molecule has 28 heavy (non-hydrogen) atoms. The van der Waals surface area contributed by atoms with Crippen LogP contribution in [0.4, 0.5) is 0 Å². The minimum Gasteiger partial charge on any atom is -0.507 e. The molecule has 2 unspecified atom stereocenters. The van der Waals surface area contributed by atoms with Gasteiger partial charge in [0.25, 0.3) is 0 Å². The lowest BCUT2D eigenvalue weighted by Crippen LogP contribution is -2.17. The third kappa shape index (κ3) is 3.86. The molecule has 4 heteroatoms. The topological polar surface area (TPSA) is 63.3 Å². The summed E-state index contributed by atoms with van der Waals surface area (Å²) in [6.45, 7) is 2.06. The lowest BCUT2D eigenvalue weighted by Gasteiger charge is -2.19. The van der Waals surface area contributed by atoms with Gasteiger partial charge in [-0.15, -0.1) is 0 Å². The highest BCUT2D eigenvalue weighted by Crippen LogP contribution is 2.47. The average Bonchev–Trinajstić information content (AvgIpc) is 3.55. The predicted molar refractivity (Wildman–Crippen MR) is 109 cm³/mol. The molecule has 0 radical (unpaired) electrons. The Kier molecular flexibility index (Phi) is 5.29. The maximum Gasteiger partial charge on any atom is 0.343 e. The maximum atomic E-state index is 12.9. The molecule has 144 valence electrons. The second-order valence-electron chi connectivity index (χ2n) is 7.63. The number of aromatic nitrogens is 1. The molecule has 1 fully saturated rings. The van der Waals surface area contributed by atoms with Crippen molar-refractivity contribution in [1.82, 2.24) is 4.98 Å². The fourth-order valence-electron chi connectivity index (χ4n) is 4.01. The number of nitrogens with zero attached hydrogens (tertiary/aromatic N) is 1. The van der Waals surface area contributed by atoms with E-state index in [2.05, 4.69) is 11.9 Å². The molecular weight excluding hydrogens is 350 g/mol. The zero-order chi connectivity index (χ0) is 19.5. The summed E-state index contributed by atoms with van der Waals surface area (Å²) in [4.78, 5) is 17.1. The Bertz CT molecular complexity index is 978. The van der Waals surface area contributed by atoms with E-state index in [1.165, 1.54) is 0 Å². The van der Waals surface area contributed by atoms with Crippen molar-refractivity contribution in [2.45, 2.75) is 44.4 Å². The third-order valence-corrected chi connectivity index (χ3v) is 5.65. The minimum absolute atomic E-state index is 0.0213. The molecule has 1 saturated carbocycles. The highest BCUT2D eigenvalue weighted by molar-refractivity contribution is 5.42. The number of rotatable bonds is 7. The van der Waals surface area contributed by atoms with Gasteiger partial charge in [0.05, 0.1) is 5.56 Å². The van der Waals surface area contributed by atoms with Crippen LogP contribution >= 0.6 is 0 Å². The Morgan fingerprint density at radius 3 is 2.57 bits per heavy atom. The molecule has 2 aromatic heterocycles. The molecule has 0 spiro atoms.